The molecule has 0 fully saturated rings. The number of rotatable bonds is 3. The molecular formula is C18H18FNOS2. The highest BCUT2D eigenvalue weighted by molar-refractivity contribution is 7.23. The topological polar surface area (TPSA) is 33.1 Å². The van der Waals surface area contributed by atoms with Gasteiger partial charge in [-0.2, -0.15) is 0 Å². The van der Waals surface area contributed by atoms with Crippen LogP contribution in [0.2, 0.25) is 0 Å². The van der Waals surface area contributed by atoms with E-state index in [0.717, 1.165) is 25.2 Å². The Labute approximate surface area is 143 Å². The van der Waals surface area contributed by atoms with Crippen LogP contribution in [0.3, 0.4) is 0 Å². The lowest BCUT2D eigenvalue weighted by atomic mass is 9.88. The summed E-state index contributed by atoms with van der Waals surface area (Å²) in [6.07, 6.45) is 1.35. The molecule has 3 rings (SSSR count). The molecule has 0 spiro atoms. The van der Waals surface area contributed by atoms with E-state index in [1.165, 1.54) is 12.1 Å². The molecule has 1 N–H and O–H groups in total. The Bertz CT molecular complexity index is 799. The van der Waals surface area contributed by atoms with Crippen LogP contribution in [0.4, 0.5) is 4.39 Å². The SMILES string of the molecule is CC(C)(C)C(O)c1ccc(-c2cnc(-c3ccc(F)cc3)s2)s1. The van der Waals surface area contributed by atoms with Crippen LogP contribution in [0.1, 0.15) is 31.8 Å². The van der Waals surface area contributed by atoms with E-state index < -0.39 is 6.10 Å². The molecule has 0 aliphatic rings. The Morgan fingerprint density at radius 3 is 2.35 bits per heavy atom. The lowest BCUT2D eigenvalue weighted by Crippen LogP contribution is -2.16. The predicted molar refractivity (Wildman–Crippen MR) is 95.2 cm³/mol. The lowest BCUT2D eigenvalue weighted by Gasteiger charge is -2.24. The molecule has 2 nitrogen and oxygen atoms in total. The van der Waals surface area contributed by atoms with Crippen molar-refractivity contribution in [3.8, 4) is 20.3 Å². The first kappa shape index (κ1) is 16.3. The molecule has 0 aliphatic carbocycles. The molecule has 0 saturated heterocycles. The van der Waals surface area contributed by atoms with Gasteiger partial charge in [-0.3, -0.25) is 0 Å². The number of thiazole rings is 1. The summed E-state index contributed by atoms with van der Waals surface area (Å²) in [7, 11) is 0. The molecule has 1 unspecified atom stereocenters. The number of nitrogens with zero attached hydrogens (tertiary/aromatic N) is 1. The number of thiophene rings is 1. The quantitative estimate of drug-likeness (QED) is 0.653. The number of aliphatic hydroxyl groups excluding tert-OH is 1. The van der Waals surface area contributed by atoms with Gasteiger partial charge in [-0.15, -0.1) is 22.7 Å². The van der Waals surface area contributed by atoms with Gasteiger partial charge in [-0.05, 0) is 41.8 Å². The van der Waals surface area contributed by atoms with Gasteiger partial charge in [0.05, 0.1) is 11.0 Å². The molecule has 2 heterocycles. The Hall–Kier alpha value is -1.56. The number of hydrogen-bond acceptors (Lipinski definition) is 4. The minimum Gasteiger partial charge on any atom is -0.387 e. The van der Waals surface area contributed by atoms with Gasteiger partial charge in [-0.25, -0.2) is 9.37 Å². The highest BCUT2D eigenvalue weighted by Gasteiger charge is 2.25. The van der Waals surface area contributed by atoms with Gasteiger partial charge in [0, 0.05) is 21.5 Å². The van der Waals surface area contributed by atoms with E-state index in [1.54, 1.807) is 34.8 Å². The average molecular weight is 347 g/mol. The number of aliphatic hydroxyl groups is 1. The van der Waals surface area contributed by atoms with Crippen LogP contribution < -0.4 is 0 Å². The van der Waals surface area contributed by atoms with Gasteiger partial charge < -0.3 is 5.11 Å². The highest BCUT2D eigenvalue weighted by Crippen LogP contribution is 2.41. The Kier molecular flexibility index (Phi) is 4.36. The standard InChI is InChI=1S/C18H18FNOS2/c1-18(2,3)16(21)14-9-8-13(22-14)15-10-20-17(23-15)11-4-6-12(19)7-5-11/h4-10,16,21H,1-3H3. The second kappa shape index (κ2) is 6.15. The van der Waals surface area contributed by atoms with Crippen molar-refractivity contribution in [3.05, 3.63) is 53.3 Å². The third-order valence-electron chi connectivity index (χ3n) is 3.56. The monoisotopic (exact) mass is 347 g/mol. The number of benzene rings is 1. The maximum absolute atomic E-state index is 13.0. The van der Waals surface area contributed by atoms with E-state index in [9.17, 15) is 9.50 Å². The third-order valence-corrected chi connectivity index (χ3v) is 5.94. The van der Waals surface area contributed by atoms with Crippen molar-refractivity contribution in [2.75, 3.05) is 0 Å². The molecule has 2 aromatic heterocycles. The Morgan fingerprint density at radius 1 is 1.00 bits per heavy atom. The molecule has 0 amide bonds. The number of halogens is 1. The summed E-state index contributed by atoms with van der Waals surface area (Å²) in [6, 6.07) is 10.4. The van der Waals surface area contributed by atoms with Crippen molar-refractivity contribution in [1.82, 2.24) is 4.98 Å². The Balaban J connectivity index is 1.86. The molecule has 1 aromatic carbocycles. The predicted octanol–water partition coefficient (Wildman–Crippen LogP) is 5.76. The molecule has 0 radical (unpaired) electrons. The smallest absolute Gasteiger partial charge is 0.123 e. The zero-order valence-corrected chi connectivity index (χ0v) is 14.8. The second-order valence-electron chi connectivity index (χ2n) is 6.51. The molecule has 3 aromatic rings. The summed E-state index contributed by atoms with van der Waals surface area (Å²) < 4.78 is 13.0. The van der Waals surface area contributed by atoms with Crippen molar-refractivity contribution in [3.63, 3.8) is 0 Å². The molecule has 1 atom stereocenters. The zero-order chi connectivity index (χ0) is 16.6. The fraction of sp³-hybridized carbons (Fsp3) is 0.278. The molecule has 0 aliphatic heterocycles. The largest absolute Gasteiger partial charge is 0.387 e. The van der Waals surface area contributed by atoms with Crippen molar-refractivity contribution in [1.29, 1.82) is 0 Å². The molecule has 5 heteroatoms. The van der Waals surface area contributed by atoms with Crippen molar-refractivity contribution >= 4 is 22.7 Å². The maximum Gasteiger partial charge on any atom is 0.123 e. The van der Waals surface area contributed by atoms with Crippen molar-refractivity contribution in [2.45, 2.75) is 26.9 Å². The van der Waals surface area contributed by atoms with Gasteiger partial charge in [0.1, 0.15) is 10.8 Å². The summed E-state index contributed by atoms with van der Waals surface area (Å²) in [5.74, 6) is -0.246. The molecular weight excluding hydrogens is 329 g/mol. The van der Waals surface area contributed by atoms with Crippen molar-refractivity contribution in [2.24, 2.45) is 5.41 Å². The van der Waals surface area contributed by atoms with E-state index >= 15 is 0 Å². The number of hydrogen-bond donors (Lipinski definition) is 1. The Morgan fingerprint density at radius 2 is 1.70 bits per heavy atom. The van der Waals surface area contributed by atoms with E-state index in [2.05, 4.69) is 4.98 Å². The van der Waals surface area contributed by atoms with Crippen LogP contribution in [-0.2, 0) is 0 Å². The summed E-state index contributed by atoms with van der Waals surface area (Å²) in [5.41, 5.74) is 0.726. The first-order chi connectivity index (χ1) is 10.8. The lowest BCUT2D eigenvalue weighted by molar-refractivity contribution is 0.0658. The molecule has 23 heavy (non-hydrogen) atoms. The molecule has 0 saturated carbocycles. The first-order valence-corrected chi connectivity index (χ1v) is 8.98. The first-order valence-electron chi connectivity index (χ1n) is 7.34. The van der Waals surface area contributed by atoms with Crippen LogP contribution in [0, 0.1) is 11.2 Å². The van der Waals surface area contributed by atoms with Crippen LogP contribution in [-0.4, -0.2) is 10.1 Å². The van der Waals surface area contributed by atoms with Gasteiger partial charge in [0.25, 0.3) is 0 Å². The van der Waals surface area contributed by atoms with E-state index in [4.69, 9.17) is 0 Å². The van der Waals surface area contributed by atoms with Crippen LogP contribution in [0.5, 0.6) is 0 Å². The fourth-order valence-corrected chi connectivity index (χ4v) is 4.41. The van der Waals surface area contributed by atoms with E-state index in [1.807, 2.05) is 39.1 Å². The van der Waals surface area contributed by atoms with Crippen LogP contribution >= 0.6 is 22.7 Å². The number of aromatic nitrogens is 1. The van der Waals surface area contributed by atoms with E-state index in [-0.39, 0.29) is 11.2 Å². The molecule has 120 valence electrons. The van der Waals surface area contributed by atoms with Crippen molar-refractivity contribution < 1.29 is 9.50 Å². The van der Waals surface area contributed by atoms with Gasteiger partial charge in [0.15, 0.2) is 0 Å². The summed E-state index contributed by atoms with van der Waals surface area (Å²) >= 11 is 3.17. The minimum absolute atomic E-state index is 0.185. The maximum atomic E-state index is 13.0. The molecule has 0 bridgehead atoms. The van der Waals surface area contributed by atoms with Gasteiger partial charge in [0.2, 0.25) is 0 Å². The van der Waals surface area contributed by atoms with Gasteiger partial charge >= 0.3 is 0 Å². The van der Waals surface area contributed by atoms with Gasteiger partial charge in [-0.1, -0.05) is 20.8 Å². The average Bonchev–Trinajstić information content (AvgIpc) is 3.15. The summed E-state index contributed by atoms with van der Waals surface area (Å²) in [6.45, 7) is 6.07. The van der Waals surface area contributed by atoms with Crippen LogP contribution in [0.25, 0.3) is 20.3 Å². The fourth-order valence-electron chi connectivity index (χ4n) is 2.17. The minimum atomic E-state index is -0.481. The summed E-state index contributed by atoms with van der Waals surface area (Å²) in [5, 5.41) is 11.3. The third kappa shape index (κ3) is 3.52. The summed E-state index contributed by atoms with van der Waals surface area (Å²) in [4.78, 5) is 7.55. The van der Waals surface area contributed by atoms with Crippen LogP contribution in [0.15, 0.2) is 42.6 Å². The highest BCUT2D eigenvalue weighted by atomic mass is 32.1. The zero-order valence-electron chi connectivity index (χ0n) is 13.2. The normalized spacial score (nSPS) is 13.3. The van der Waals surface area contributed by atoms with E-state index in [0.29, 0.717) is 0 Å². The second-order valence-corrected chi connectivity index (χ2v) is 8.65.